The zero-order valence-corrected chi connectivity index (χ0v) is 26.5. The summed E-state index contributed by atoms with van der Waals surface area (Å²) in [5.74, 6) is -2.83. The van der Waals surface area contributed by atoms with Crippen LogP contribution in [0.2, 0.25) is 0 Å². The van der Waals surface area contributed by atoms with Gasteiger partial charge in [-0.1, -0.05) is 37.6 Å². The van der Waals surface area contributed by atoms with Gasteiger partial charge in [0, 0.05) is 29.6 Å². The lowest BCUT2D eigenvalue weighted by Gasteiger charge is -2.59. The van der Waals surface area contributed by atoms with Crippen molar-refractivity contribution in [1.29, 1.82) is 0 Å². The molecule has 8 atom stereocenters. The van der Waals surface area contributed by atoms with Crippen LogP contribution in [0.25, 0.3) is 0 Å². The predicted octanol–water partition coefficient (Wildman–Crippen LogP) is 2.49. The highest BCUT2D eigenvalue weighted by molar-refractivity contribution is 6.01. The number of nitrogens with one attached hydrogen (secondary N) is 1. The zero-order chi connectivity index (χ0) is 33.4. The number of phenols is 1. The quantitative estimate of drug-likeness (QED) is 0.279. The molecule has 0 aliphatic heterocycles. The Labute approximate surface area is 268 Å². The maximum absolute atomic E-state index is 13.5. The van der Waals surface area contributed by atoms with Crippen LogP contribution in [-0.2, 0) is 39.9 Å². The molecular formula is C35H43NO10. The highest BCUT2D eigenvalue weighted by Gasteiger charge is 2.68. The second kappa shape index (κ2) is 12.8. The van der Waals surface area contributed by atoms with Crippen molar-refractivity contribution in [3.8, 4) is 5.75 Å². The zero-order valence-electron chi connectivity index (χ0n) is 26.5. The number of amides is 1. The van der Waals surface area contributed by atoms with Crippen molar-refractivity contribution in [2.24, 2.45) is 28.6 Å². The van der Waals surface area contributed by atoms with Gasteiger partial charge in [-0.15, -0.1) is 0 Å². The van der Waals surface area contributed by atoms with Crippen LogP contribution in [0.3, 0.4) is 0 Å². The molecule has 0 heterocycles. The van der Waals surface area contributed by atoms with E-state index in [1.807, 2.05) is 13.0 Å². The van der Waals surface area contributed by atoms with Crippen molar-refractivity contribution in [3.05, 3.63) is 53.6 Å². The van der Waals surface area contributed by atoms with Crippen molar-refractivity contribution in [2.45, 2.75) is 83.0 Å². The number of ether oxygens (including phenoxy) is 2. The number of rotatable bonds is 10. The number of carbonyl (C=O) groups is 5. The van der Waals surface area contributed by atoms with Crippen molar-refractivity contribution in [2.75, 3.05) is 13.7 Å². The van der Waals surface area contributed by atoms with E-state index in [9.17, 15) is 39.3 Å². The molecule has 4 aliphatic rings. The van der Waals surface area contributed by atoms with E-state index >= 15 is 0 Å². The second-order valence-corrected chi connectivity index (χ2v) is 13.7. The summed E-state index contributed by atoms with van der Waals surface area (Å²) in [4.78, 5) is 62.9. The second-order valence-electron chi connectivity index (χ2n) is 13.7. The fraction of sp³-hybridized carbons (Fsp3) is 0.571. The number of phenolic OH excluding ortho intramolecular Hbond substituents is 1. The smallest absolute Gasteiger partial charge is 0.328 e. The van der Waals surface area contributed by atoms with Gasteiger partial charge in [-0.25, -0.2) is 4.79 Å². The average molecular weight is 638 g/mol. The van der Waals surface area contributed by atoms with Gasteiger partial charge in [0.1, 0.15) is 17.4 Å². The number of esters is 2. The van der Waals surface area contributed by atoms with Crippen LogP contribution in [0, 0.1) is 28.6 Å². The van der Waals surface area contributed by atoms with E-state index in [1.54, 1.807) is 24.3 Å². The number of hydrogen-bond acceptors (Lipinski definition) is 10. The number of carbonyl (C=O) groups excluding carboxylic acids is 5. The first kappa shape index (κ1) is 33.5. The van der Waals surface area contributed by atoms with Crippen LogP contribution in [-0.4, -0.2) is 76.2 Å². The predicted molar refractivity (Wildman–Crippen MR) is 164 cm³/mol. The molecule has 0 aromatic heterocycles. The number of aliphatic hydroxyl groups is 2. The molecule has 3 saturated carbocycles. The fourth-order valence-corrected chi connectivity index (χ4v) is 8.81. The number of hydrogen-bond donors (Lipinski definition) is 4. The van der Waals surface area contributed by atoms with Crippen LogP contribution in [0.15, 0.2) is 48.1 Å². The number of aliphatic hydroxyl groups excluding tert-OH is 1. The van der Waals surface area contributed by atoms with E-state index in [0.717, 1.165) is 12.0 Å². The molecule has 1 aromatic carbocycles. The molecule has 1 aromatic rings. The molecule has 0 saturated heterocycles. The van der Waals surface area contributed by atoms with Crippen molar-refractivity contribution < 1.29 is 48.8 Å². The van der Waals surface area contributed by atoms with E-state index in [2.05, 4.69) is 12.2 Å². The normalized spacial score (nSPS) is 33.5. The highest BCUT2D eigenvalue weighted by atomic mass is 16.5. The Morgan fingerprint density at radius 3 is 2.50 bits per heavy atom. The molecule has 5 rings (SSSR count). The summed E-state index contributed by atoms with van der Waals surface area (Å²) in [5, 5.41) is 35.4. The molecule has 46 heavy (non-hydrogen) atoms. The molecule has 3 fully saturated rings. The van der Waals surface area contributed by atoms with Gasteiger partial charge in [-0.3, -0.25) is 19.2 Å². The SMILES string of the molecule is COC(=O)[C@H](Cc1ccc(O)cc1)NC(=O)CCC(=O)OCC(=O)[C@]1(O)CC[C@@H]2[C@@H]3CCC4=CC(=O)C=C[C@]4(C)[C@H]3[C@@H](O)C[C@@]21C. The molecular weight excluding hydrogens is 594 g/mol. The van der Waals surface area contributed by atoms with Gasteiger partial charge in [0.05, 0.1) is 19.6 Å². The van der Waals surface area contributed by atoms with E-state index in [0.29, 0.717) is 18.4 Å². The molecule has 0 unspecified atom stereocenters. The van der Waals surface area contributed by atoms with Gasteiger partial charge < -0.3 is 30.1 Å². The lowest BCUT2D eigenvalue weighted by molar-refractivity contribution is -0.181. The van der Waals surface area contributed by atoms with Crippen LogP contribution >= 0.6 is 0 Å². The third-order valence-corrected chi connectivity index (χ3v) is 11.2. The number of methoxy groups -OCH3 is 1. The Balaban J connectivity index is 1.16. The maximum Gasteiger partial charge on any atom is 0.328 e. The molecule has 0 spiro atoms. The summed E-state index contributed by atoms with van der Waals surface area (Å²) in [5.41, 5.74) is -1.49. The maximum atomic E-state index is 13.5. The lowest BCUT2D eigenvalue weighted by atomic mass is 9.46. The van der Waals surface area contributed by atoms with E-state index < -0.39 is 58.8 Å². The standard InChI is InChI=1S/C35H43NO10/c1-33-14-12-23(38)17-21(33)6-9-24-25-13-15-35(44,34(25,2)18-27(39)31(24)33)28(40)19-46-30(42)11-10-29(41)36-26(32(43)45-3)16-20-4-7-22(37)8-5-20/h4-5,7-8,12,14,17,24-27,31,37,39,44H,6,9-11,13,15-16,18-19H2,1-3H3,(H,36,41)/t24-,25+,26-,27-,31+,33-,34-,35+/m0/s1. The minimum Gasteiger partial charge on any atom is -0.508 e. The van der Waals surface area contributed by atoms with Crippen molar-refractivity contribution in [1.82, 2.24) is 5.32 Å². The molecule has 248 valence electrons. The lowest BCUT2D eigenvalue weighted by Crippen LogP contribution is -2.61. The van der Waals surface area contributed by atoms with Gasteiger partial charge >= 0.3 is 11.9 Å². The van der Waals surface area contributed by atoms with E-state index in [-0.39, 0.29) is 61.4 Å². The van der Waals surface area contributed by atoms with Crippen molar-refractivity contribution >= 4 is 29.4 Å². The average Bonchev–Trinajstić information content (AvgIpc) is 3.29. The monoisotopic (exact) mass is 637 g/mol. The highest BCUT2D eigenvalue weighted by Crippen LogP contribution is 2.67. The van der Waals surface area contributed by atoms with Crippen LogP contribution in [0.1, 0.15) is 64.4 Å². The van der Waals surface area contributed by atoms with Crippen molar-refractivity contribution in [3.63, 3.8) is 0 Å². The molecule has 11 nitrogen and oxygen atoms in total. The fourth-order valence-electron chi connectivity index (χ4n) is 8.81. The van der Waals surface area contributed by atoms with Gasteiger partial charge in [0.2, 0.25) is 11.7 Å². The number of benzene rings is 1. The Kier molecular flexibility index (Phi) is 9.30. The number of Topliss-reactive ketones (excluding diaryl/α,β-unsaturated/α-hetero) is 1. The first-order chi connectivity index (χ1) is 21.7. The van der Waals surface area contributed by atoms with Gasteiger partial charge in [-0.05, 0) is 73.8 Å². The Hall–Kier alpha value is -3.83. The van der Waals surface area contributed by atoms with Crippen LogP contribution in [0.4, 0.5) is 0 Å². The Morgan fingerprint density at radius 1 is 1.09 bits per heavy atom. The van der Waals surface area contributed by atoms with Crippen LogP contribution < -0.4 is 5.32 Å². The number of fused-ring (bicyclic) bond motifs is 5. The topological polar surface area (TPSA) is 177 Å². The first-order valence-corrected chi connectivity index (χ1v) is 15.9. The third-order valence-electron chi connectivity index (χ3n) is 11.2. The van der Waals surface area contributed by atoms with Crippen LogP contribution in [0.5, 0.6) is 5.75 Å². The summed E-state index contributed by atoms with van der Waals surface area (Å²) < 4.78 is 10.00. The number of ketones is 2. The molecule has 0 radical (unpaired) electrons. The molecule has 0 bridgehead atoms. The Bertz CT molecular complexity index is 1470. The van der Waals surface area contributed by atoms with Gasteiger partial charge in [0.25, 0.3) is 0 Å². The third kappa shape index (κ3) is 6.02. The minimum absolute atomic E-state index is 0.0389. The summed E-state index contributed by atoms with van der Waals surface area (Å²) in [6, 6.07) is 5.12. The van der Waals surface area contributed by atoms with E-state index in [1.165, 1.54) is 19.2 Å². The van der Waals surface area contributed by atoms with E-state index in [4.69, 9.17) is 9.47 Å². The summed E-state index contributed by atoms with van der Waals surface area (Å²) in [6.45, 7) is 3.24. The molecule has 4 N–H and O–H groups in total. The minimum atomic E-state index is -1.79. The number of aromatic hydroxyl groups is 1. The molecule has 11 heteroatoms. The molecule has 1 amide bonds. The Morgan fingerprint density at radius 2 is 1.80 bits per heavy atom. The first-order valence-electron chi connectivity index (χ1n) is 15.9. The summed E-state index contributed by atoms with van der Waals surface area (Å²) >= 11 is 0. The summed E-state index contributed by atoms with van der Waals surface area (Å²) in [6.07, 6.45) is 6.24. The molecule has 4 aliphatic carbocycles. The largest absolute Gasteiger partial charge is 0.508 e. The summed E-state index contributed by atoms with van der Waals surface area (Å²) in [7, 11) is 1.19. The van der Waals surface area contributed by atoms with Gasteiger partial charge in [0.15, 0.2) is 12.4 Å². The number of allylic oxidation sites excluding steroid dienone is 4. The van der Waals surface area contributed by atoms with Gasteiger partial charge in [-0.2, -0.15) is 0 Å².